The van der Waals surface area contributed by atoms with Gasteiger partial charge in [0, 0.05) is 0 Å². The molecule has 0 unspecified atom stereocenters. The molecule has 1 aromatic carbocycles. The Kier molecular flexibility index (Phi) is 3.80. The summed E-state index contributed by atoms with van der Waals surface area (Å²) >= 11 is 0. The zero-order valence-electron chi connectivity index (χ0n) is 7.91. The lowest BCUT2D eigenvalue weighted by atomic mass is 10.1. The Bertz CT molecular complexity index is 349. The van der Waals surface area contributed by atoms with Gasteiger partial charge < -0.3 is 0 Å². The first-order valence-electron chi connectivity index (χ1n) is 4.31. The summed E-state index contributed by atoms with van der Waals surface area (Å²) in [5, 5.41) is 0. The number of nitrogens with zero attached hydrogens (tertiary/aromatic N) is 1. The minimum atomic E-state index is -0.249. The number of aliphatic imine (C=N–C) groups is 1. The highest BCUT2D eigenvalue weighted by atomic mass is 19.1. The van der Waals surface area contributed by atoms with Gasteiger partial charge in [0.05, 0.1) is 5.70 Å². The summed E-state index contributed by atoms with van der Waals surface area (Å²) in [6.45, 7) is 7.07. The van der Waals surface area contributed by atoms with Crippen molar-refractivity contribution in [3.8, 4) is 0 Å². The summed E-state index contributed by atoms with van der Waals surface area (Å²) in [5.74, 6) is -0.249. The molecule has 0 aromatic heterocycles. The topological polar surface area (TPSA) is 12.4 Å². The van der Waals surface area contributed by atoms with Crippen LogP contribution >= 0.6 is 0 Å². The second-order valence-corrected chi connectivity index (χ2v) is 2.78. The van der Waals surface area contributed by atoms with E-state index in [9.17, 15) is 4.39 Å². The van der Waals surface area contributed by atoms with Crippen LogP contribution in [0.3, 0.4) is 0 Å². The molecule has 0 atom stereocenters. The molecule has 72 valence electrons. The predicted octanol–water partition coefficient (Wildman–Crippen LogP) is 3.44. The Morgan fingerprint density at radius 2 is 2.00 bits per heavy atom. The molecule has 0 heterocycles. The molecule has 0 fully saturated rings. The SMILES string of the molecule is C=CC/C=C(/N=C)c1ccc(F)cc1. The van der Waals surface area contributed by atoms with Gasteiger partial charge in [0.15, 0.2) is 0 Å². The van der Waals surface area contributed by atoms with Crippen LogP contribution in [0, 0.1) is 5.82 Å². The summed E-state index contributed by atoms with van der Waals surface area (Å²) in [6.07, 6.45) is 4.40. The van der Waals surface area contributed by atoms with Crippen LogP contribution in [0.5, 0.6) is 0 Å². The van der Waals surface area contributed by atoms with E-state index < -0.39 is 0 Å². The Morgan fingerprint density at radius 3 is 2.50 bits per heavy atom. The van der Waals surface area contributed by atoms with Gasteiger partial charge in [0.2, 0.25) is 0 Å². The normalized spacial score (nSPS) is 11.1. The van der Waals surface area contributed by atoms with E-state index in [0.717, 1.165) is 17.7 Å². The van der Waals surface area contributed by atoms with Crippen LogP contribution in [0.4, 0.5) is 4.39 Å². The van der Waals surface area contributed by atoms with Crippen molar-refractivity contribution in [1.82, 2.24) is 0 Å². The molecular formula is C12H12FN. The van der Waals surface area contributed by atoms with Crippen molar-refractivity contribution in [2.45, 2.75) is 6.42 Å². The van der Waals surface area contributed by atoms with Gasteiger partial charge in [0.25, 0.3) is 0 Å². The first-order chi connectivity index (χ1) is 6.77. The third-order valence-electron chi connectivity index (χ3n) is 1.79. The van der Waals surface area contributed by atoms with Gasteiger partial charge in [-0.15, -0.1) is 6.58 Å². The standard InChI is InChI=1S/C12H12FN/c1-3-4-5-12(14-2)10-6-8-11(13)9-7-10/h3,5-9H,1-2,4H2/b12-5+. The minimum Gasteiger partial charge on any atom is -0.264 e. The van der Waals surface area contributed by atoms with E-state index in [1.54, 1.807) is 18.2 Å². The fourth-order valence-electron chi connectivity index (χ4n) is 1.09. The highest BCUT2D eigenvalue weighted by molar-refractivity contribution is 5.67. The summed E-state index contributed by atoms with van der Waals surface area (Å²) in [5.41, 5.74) is 1.62. The number of hydrogen-bond acceptors (Lipinski definition) is 1. The van der Waals surface area contributed by atoms with Crippen molar-refractivity contribution >= 4 is 12.4 Å². The molecule has 0 aliphatic carbocycles. The maximum absolute atomic E-state index is 12.6. The number of rotatable bonds is 4. The molecule has 0 radical (unpaired) electrons. The van der Waals surface area contributed by atoms with Gasteiger partial charge in [-0.2, -0.15) is 0 Å². The van der Waals surface area contributed by atoms with E-state index in [2.05, 4.69) is 18.3 Å². The second kappa shape index (κ2) is 5.12. The molecule has 0 amide bonds. The van der Waals surface area contributed by atoms with Crippen molar-refractivity contribution in [1.29, 1.82) is 0 Å². The lowest BCUT2D eigenvalue weighted by Gasteiger charge is -2.00. The Morgan fingerprint density at radius 1 is 1.36 bits per heavy atom. The molecule has 0 saturated carbocycles. The fourth-order valence-corrected chi connectivity index (χ4v) is 1.09. The summed E-state index contributed by atoms with van der Waals surface area (Å²) in [7, 11) is 0. The maximum atomic E-state index is 12.6. The van der Waals surface area contributed by atoms with Crippen LogP contribution < -0.4 is 0 Å². The smallest absolute Gasteiger partial charge is 0.123 e. The van der Waals surface area contributed by atoms with E-state index in [-0.39, 0.29) is 5.82 Å². The van der Waals surface area contributed by atoms with Gasteiger partial charge in [-0.05, 0) is 43.0 Å². The average Bonchev–Trinajstić information content (AvgIpc) is 2.21. The molecule has 14 heavy (non-hydrogen) atoms. The van der Waals surface area contributed by atoms with Gasteiger partial charge in [-0.1, -0.05) is 12.2 Å². The van der Waals surface area contributed by atoms with Crippen molar-refractivity contribution in [3.63, 3.8) is 0 Å². The van der Waals surface area contributed by atoms with Crippen molar-refractivity contribution in [2.75, 3.05) is 0 Å². The minimum absolute atomic E-state index is 0.249. The quantitative estimate of drug-likeness (QED) is 0.508. The fraction of sp³-hybridized carbons (Fsp3) is 0.0833. The first kappa shape index (κ1) is 10.4. The van der Waals surface area contributed by atoms with E-state index in [4.69, 9.17) is 0 Å². The van der Waals surface area contributed by atoms with Crippen LogP contribution in [-0.4, -0.2) is 6.72 Å². The Hall–Kier alpha value is -1.70. The first-order valence-corrected chi connectivity index (χ1v) is 4.31. The third-order valence-corrected chi connectivity index (χ3v) is 1.79. The maximum Gasteiger partial charge on any atom is 0.123 e. The average molecular weight is 189 g/mol. The third kappa shape index (κ3) is 2.66. The molecule has 2 heteroatoms. The van der Waals surface area contributed by atoms with Crippen LogP contribution in [0.25, 0.3) is 5.70 Å². The molecule has 0 aliphatic rings. The van der Waals surface area contributed by atoms with Crippen LogP contribution in [-0.2, 0) is 0 Å². The van der Waals surface area contributed by atoms with E-state index in [0.29, 0.717) is 0 Å². The lowest BCUT2D eigenvalue weighted by Crippen LogP contribution is -1.81. The van der Waals surface area contributed by atoms with E-state index in [1.807, 2.05) is 6.08 Å². The van der Waals surface area contributed by atoms with Crippen molar-refractivity contribution in [3.05, 3.63) is 54.4 Å². The van der Waals surface area contributed by atoms with Gasteiger partial charge in [-0.25, -0.2) is 4.39 Å². The summed E-state index contributed by atoms with van der Waals surface area (Å²) < 4.78 is 12.6. The van der Waals surface area contributed by atoms with Gasteiger partial charge in [-0.3, -0.25) is 4.99 Å². The van der Waals surface area contributed by atoms with E-state index >= 15 is 0 Å². The molecule has 0 N–H and O–H groups in total. The summed E-state index contributed by atoms with van der Waals surface area (Å²) in [6, 6.07) is 6.17. The molecule has 0 bridgehead atoms. The predicted molar refractivity (Wildman–Crippen MR) is 58.7 cm³/mol. The monoisotopic (exact) mass is 189 g/mol. The number of allylic oxidation sites excluding steroid dienone is 2. The van der Waals surface area contributed by atoms with Crippen molar-refractivity contribution in [2.24, 2.45) is 4.99 Å². The molecule has 0 spiro atoms. The highest BCUT2D eigenvalue weighted by Crippen LogP contribution is 2.16. The van der Waals surface area contributed by atoms with Gasteiger partial charge in [0.1, 0.15) is 5.82 Å². The summed E-state index contributed by atoms with van der Waals surface area (Å²) in [4.78, 5) is 3.87. The molecule has 0 saturated heterocycles. The zero-order valence-corrected chi connectivity index (χ0v) is 7.91. The lowest BCUT2D eigenvalue weighted by molar-refractivity contribution is 0.627. The molecule has 1 rings (SSSR count). The Labute approximate surface area is 83.3 Å². The molecule has 0 aliphatic heterocycles. The molecule has 1 nitrogen and oxygen atoms in total. The van der Waals surface area contributed by atoms with Gasteiger partial charge >= 0.3 is 0 Å². The van der Waals surface area contributed by atoms with Crippen LogP contribution in [0.1, 0.15) is 12.0 Å². The number of benzene rings is 1. The second-order valence-electron chi connectivity index (χ2n) is 2.78. The van der Waals surface area contributed by atoms with Crippen LogP contribution in [0.15, 0.2) is 48.0 Å². The van der Waals surface area contributed by atoms with Crippen molar-refractivity contribution < 1.29 is 4.39 Å². The molecule has 1 aromatic rings. The van der Waals surface area contributed by atoms with E-state index in [1.165, 1.54) is 12.1 Å². The number of hydrogen-bond donors (Lipinski definition) is 0. The highest BCUT2D eigenvalue weighted by Gasteiger charge is 1.97. The number of halogens is 1. The molecular weight excluding hydrogens is 177 g/mol. The Balaban J connectivity index is 2.94. The zero-order chi connectivity index (χ0) is 10.4. The van der Waals surface area contributed by atoms with Crippen LogP contribution in [0.2, 0.25) is 0 Å². The largest absolute Gasteiger partial charge is 0.264 e.